The van der Waals surface area contributed by atoms with Crippen LogP contribution in [0.4, 0.5) is 4.39 Å². The molecule has 0 radical (unpaired) electrons. The smallest absolute Gasteiger partial charge is 0.123 e. The second kappa shape index (κ2) is 7.37. The van der Waals surface area contributed by atoms with Crippen LogP contribution in [0.5, 0.6) is 0 Å². The molecule has 0 spiro atoms. The third kappa shape index (κ3) is 4.40. The van der Waals surface area contributed by atoms with Crippen molar-refractivity contribution >= 4 is 0 Å². The summed E-state index contributed by atoms with van der Waals surface area (Å²) >= 11 is 0. The Bertz CT molecular complexity index is 592. The quantitative estimate of drug-likeness (QED) is 0.838. The summed E-state index contributed by atoms with van der Waals surface area (Å²) in [6, 6.07) is 13.9. The van der Waals surface area contributed by atoms with Crippen molar-refractivity contribution in [1.82, 2.24) is 5.32 Å². The Morgan fingerprint density at radius 2 is 1.71 bits per heavy atom. The van der Waals surface area contributed by atoms with Gasteiger partial charge in [0.15, 0.2) is 0 Å². The molecule has 1 N–H and O–H groups in total. The number of nitrogens with one attached hydrogen (secondary N) is 1. The summed E-state index contributed by atoms with van der Waals surface area (Å²) in [5.74, 6) is -0.149. The molecule has 2 rings (SSSR count). The normalized spacial score (nSPS) is 12.4. The van der Waals surface area contributed by atoms with E-state index in [1.54, 1.807) is 6.07 Å². The van der Waals surface area contributed by atoms with Gasteiger partial charge in [-0.2, -0.15) is 0 Å². The summed E-state index contributed by atoms with van der Waals surface area (Å²) in [5, 5.41) is 3.36. The fraction of sp³-hybridized carbons (Fsp3) is 0.368. The Morgan fingerprint density at radius 1 is 1.00 bits per heavy atom. The standard InChI is InChI=1S/C19H24FN/c1-14-6-4-5-7-16(14)9-11-19(21-3)13-17-12-18(20)10-8-15(17)2/h4-8,10,12,19,21H,9,11,13H2,1-3H3. The van der Waals surface area contributed by atoms with Crippen LogP contribution in [0.15, 0.2) is 42.5 Å². The van der Waals surface area contributed by atoms with Crippen molar-refractivity contribution in [3.05, 3.63) is 70.5 Å². The number of hydrogen-bond acceptors (Lipinski definition) is 1. The average molecular weight is 285 g/mol. The van der Waals surface area contributed by atoms with E-state index in [2.05, 4.69) is 36.5 Å². The molecule has 2 heteroatoms. The lowest BCUT2D eigenvalue weighted by Gasteiger charge is -2.18. The Morgan fingerprint density at radius 3 is 2.43 bits per heavy atom. The molecule has 0 aliphatic carbocycles. The molecule has 0 fully saturated rings. The van der Waals surface area contributed by atoms with E-state index < -0.39 is 0 Å². The SMILES string of the molecule is CNC(CCc1ccccc1C)Cc1cc(F)ccc1C. The van der Waals surface area contributed by atoms with E-state index in [4.69, 9.17) is 0 Å². The zero-order valence-corrected chi connectivity index (χ0v) is 13.1. The maximum atomic E-state index is 13.4. The van der Waals surface area contributed by atoms with Crippen LogP contribution in [0.1, 0.15) is 28.7 Å². The van der Waals surface area contributed by atoms with Crippen LogP contribution in [0.2, 0.25) is 0 Å². The highest BCUT2D eigenvalue weighted by atomic mass is 19.1. The predicted molar refractivity (Wildman–Crippen MR) is 87.2 cm³/mol. The van der Waals surface area contributed by atoms with Crippen molar-refractivity contribution in [3.63, 3.8) is 0 Å². The van der Waals surface area contributed by atoms with Gasteiger partial charge in [0.2, 0.25) is 0 Å². The van der Waals surface area contributed by atoms with Crippen molar-refractivity contribution in [2.75, 3.05) is 7.05 Å². The molecule has 0 saturated carbocycles. The van der Waals surface area contributed by atoms with Crippen LogP contribution in [0, 0.1) is 19.7 Å². The monoisotopic (exact) mass is 285 g/mol. The van der Waals surface area contributed by atoms with Gasteiger partial charge in [-0.3, -0.25) is 0 Å². The van der Waals surface area contributed by atoms with Gasteiger partial charge in [0.25, 0.3) is 0 Å². The maximum Gasteiger partial charge on any atom is 0.123 e. The number of likely N-dealkylation sites (N-methyl/N-ethyl adjacent to an activating group) is 1. The van der Waals surface area contributed by atoms with Crippen molar-refractivity contribution in [1.29, 1.82) is 0 Å². The van der Waals surface area contributed by atoms with Gasteiger partial charge in [-0.25, -0.2) is 4.39 Å². The van der Waals surface area contributed by atoms with Gasteiger partial charge in [0, 0.05) is 6.04 Å². The van der Waals surface area contributed by atoms with Crippen LogP contribution in [0.3, 0.4) is 0 Å². The molecule has 1 unspecified atom stereocenters. The van der Waals surface area contributed by atoms with E-state index in [9.17, 15) is 4.39 Å². The molecular weight excluding hydrogens is 261 g/mol. The lowest BCUT2D eigenvalue weighted by Crippen LogP contribution is -2.28. The highest BCUT2D eigenvalue weighted by molar-refractivity contribution is 5.28. The van der Waals surface area contributed by atoms with Crippen LogP contribution in [-0.4, -0.2) is 13.1 Å². The van der Waals surface area contributed by atoms with Gasteiger partial charge in [0.05, 0.1) is 0 Å². The molecule has 1 nitrogen and oxygen atoms in total. The van der Waals surface area contributed by atoms with Crippen LogP contribution in [0.25, 0.3) is 0 Å². The van der Waals surface area contributed by atoms with E-state index in [0.29, 0.717) is 6.04 Å². The first kappa shape index (κ1) is 15.7. The first-order valence-electron chi connectivity index (χ1n) is 7.57. The van der Waals surface area contributed by atoms with Gasteiger partial charge < -0.3 is 5.32 Å². The number of hydrogen-bond donors (Lipinski definition) is 1. The van der Waals surface area contributed by atoms with E-state index in [1.807, 2.05) is 20.0 Å². The number of aryl methyl sites for hydroxylation is 3. The molecule has 2 aromatic carbocycles. The number of benzene rings is 2. The lowest BCUT2D eigenvalue weighted by molar-refractivity contribution is 0.516. The van der Waals surface area contributed by atoms with Crippen molar-refractivity contribution < 1.29 is 4.39 Å². The summed E-state index contributed by atoms with van der Waals surface area (Å²) in [6.07, 6.45) is 2.97. The van der Waals surface area contributed by atoms with Gasteiger partial charge in [-0.05, 0) is 74.5 Å². The summed E-state index contributed by atoms with van der Waals surface area (Å²) in [4.78, 5) is 0. The third-order valence-corrected chi connectivity index (χ3v) is 4.21. The first-order chi connectivity index (χ1) is 10.1. The van der Waals surface area contributed by atoms with E-state index in [0.717, 1.165) is 30.4 Å². The molecule has 0 aromatic heterocycles. The number of rotatable bonds is 6. The molecule has 0 aliphatic heterocycles. The number of halogens is 1. The highest BCUT2D eigenvalue weighted by Crippen LogP contribution is 2.16. The predicted octanol–water partition coefficient (Wildman–Crippen LogP) is 4.21. The Kier molecular flexibility index (Phi) is 5.51. The lowest BCUT2D eigenvalue weighted by atomic mass is 9.95. The molecule has 0 bridgehead atoms. The van der Waals surface area contributed by atoms with Gasteiger partial charge in [-0.15, -0.1) is 0 Å². The fourth-order valence-electron chi connectivity index (χ4n) is 2.69. The molecule has 1 atom stereocenters. The highest BCUT2D eigenvalue weighted by Gasteiger charge is 2.11. The molecule has 0 heterocycles. The van der Waals surface area contributed by atoms with Crippen molar-refractivity contribution in [2.45, 2.75) is 39.2 Å². The molecule has 0 aliphatic rings. The average Bonchev–Trinajstić information content (AvgIpc) is 2.48. The van der Waals surface area contributed by atoms with Gasteiger partial charge in [-0.1, -0.05) is 30.3 Å². The Hall–Kier alpha value is -1.67. The molecular formula is C19H24FN. The summed E-state index contributed by atoms with van der Waals surface area (Å²) < 4.78 is 13.4. The summed E-state index contributed by atoms with van der Waals surface area (Å²) in [5.41, 5.74) is 5.00. The topological polar surface area (TPSA) is 12.0 Å². The second-order valence-corrected chi connectivity index (χ2v) is 5.73. The molecule has 2 aromatic rings. The minimum absolute atomic E-state index is 0.149. The van der Waals surface area contributed by atoms with E-state index in [1.165, 1.54) is 17.2 Å². The first-order valence-corrected chi connectivity index (χ1v) is 7.57. The Balaban J connectivity index is 2.00. The third-order valence-electron chi connectivity index (χ3n) is 4.21. The molecule has 112 valence electrons. The molecule has 0 saturated heterocycles. The largest absolute Gasteiger partial charge is 0.317 e. The zero-order valence-electron chi connectivity index (χ0n) is 13.1. The molecule has 21 heavy (non-hydrogen) atoms. The minimum Gasteiger partial charge on any atom is -0.317 e. The van der Waals surface area contributed by atoms with E-state index in [-0.39, 0.29) is 5.82 Å². The van der Waals surface area contributed by atoms with Crippen molar-refractivity contribution in [2.24, 2.45) is 0 Å². The second-order valence-electron chi connectivity index (χ2n) is 5.73. The Labute approximate surface area is 127 Å². The van der Waals surface area contributed by atoms with Crippen LogP contribution < -0.4 is 5.32 Å². The van der Waals surface area contributed by atoms with E-state index >= 15 is 0 Å². The van der Waals surface area contributed by atoms with Crippen molar-refractivity contribution in [3.8, 4) is 0 Å². The minimum atomic E-state index is -0.149. The summed E-state index contributed by atoms with van der Waals surface area (Å²) in [7, 11) is 1.98. The van der Waals surface area contributed by atoms with Gasteiger partial charge in [0.1, 0.15) is 5.82 Å². The molecule has 0 amide bonds. The van der Waals surface area contributed by atoms with Gasteiger partial charge >= 0.3 is 0 Å². The van der Waals surface area contributed by atoms with Crippen LogP contribution in [-0.2, 0) is 12.8 Å². The zero-order chi connectivity index (χ0) is 15.2. The summed E-state index contributed by atoms with van der Waals surface area (Å²) in [6.45, 7) is 4.20. The van der Waals surface area contributed by atoms with Crippen LogP contribution >= 0.6 is 0 Å². The maximum absolute atomic E-state index is 13.4. The fourth-order valence-corrected chi connectivity index (χ4v) is 2.69.